The van der Waals surface area contributed by atoms with Crippen LogP contribution in [0.5, 0.6) is 0 Å². The summed E-state index contributed by atoms with van der Waals surface area (Å²) >= 11 is 10.1. The van der Waals surface area contributed by atoms with Gasteiger partial charge in [0, 0.05) is 37.1 Å². The van der Waals surface area contributed by atoms with Gasteiger partial charge in [0.15, 0.2) is 23.3 Å². The minimum Gasteiger partial charge on any atom is -0.744 e. The van der Waals surface area contributed by atoms with Crippen molar-refractivity contribution in [2.45, 2.75) is 16.7 Å². The molecule has 0 aliphatic heterocycles. The molecule has 3 aliphatic rings. The number of benzene rings is 4. The molecule has 7 nitrogen and oxygen atoms in total. The smallest absolute Gasteiger partial charge is 0.344 e. The van der Waals surface area contributed by atoms with Crippen LogP contribution in [-0.2, 0) is 19.6 Å². The van der Waals surface area contributed by atoms with Crippen molar-refractivity contribution in [1.29, 1.82) is 0 Å². The van der Waals surface area contributed by atoms with Crippen LogP contribution < -0.4 is 0 Å². The van der Waals surface area contributed by atoms with Gasteiger partial charge in [-0.25, -0.2) is 35.6 Å². The molecule has 2 atom stereocenters. The number of rotatable bonds is 7. The van der Waals surface area contributed by atoms with Gasteiger partial charge >= 0.3 is 11.9 Å². The molecule has 3 aliphatic carbocycles. The van der Waals surface area contributed by atoms with Crippen LogP contribution >= 0.6 is 47.8 Å². The number of hydrogen-bond acceptors (Lipinski definition) is 7. The summed E-state index contributed by atoms with van der Waals surface area (Å²) in [7, 11) is -5.97. The Morgan fingerprint density at radius 1 is 0.660 bits per heavy atom. The molecule has 2 bridgehead atoms. The van der Waals surface area contributed by atoms with Gasteiger partial charge < -0.3 is 14.0 Å². The third-order valence-corrected chi connectivity index (χ3v) is 11.0. The Kier molecular flexibility index (Phi) is 9.15. The Labute approximate surface area is 290 Å². The van der Waals surface area contributed by atoms with Crippen molar-refractivity contribution < 1.29 is 49.6 Å². The van der Waals surface area contributed by atoms with E-state index in [0.717, 1.165) is 22.3 Å². The summed E-state index contributed by atoms with van der Waals surface area (Å²) in [4.78, 5) is 23.9. The van der Waals surface area contributed by atoms with Crippen molar-refractivity contribution in [2.75, 3.05) is 13.2 Å². The van der Waals surface area contributed by atoms with E-state index in [1.54, 1.807) is 12.1 Å². The fraction of sp³-hybridized carbons (Fsp3) is 0.188. The molecule has 15 heteroatoms. The maximum Gasteiger partial charge on any atom is 0.344 e. The number of carbonyl (C=O) groups is 2. The summed E-state index contributed by atoms with van der Waals surface area (Å²) in [6.45, 7) is -0.720. The van der Waals surface area contributed by atoms with Crippen molar-refractivity contribution in [1.82, 2.24) is 0 Å². The van der Waals surface area contributed by atoms with Crippen LogP contribution in [0.2, 0.25) is 0 Å². The van der Waals surface area contributed by atoms with E-state index in [1.165, 1.54) is 0 Å². The molecule has 0 saturated carbocycles. The minimum atomic E-state index is -5.97. The molecule has 0 aromatic heterocycles. The lowest BCUT2D eigenvalue weighted by Gasteiger charge is -2.50. The number of ether oxygens (including phenoxy) is 2. The average Bonchev–Trinajstić information content (AvgIpc) is 3.01. The van der Waals surface area contributed by atoms with E-state index in [9.17, 15) is 40.1 Å². The van der Waals surface area contributed by atoms with E-state index in [-0.39, 0.29) is 18.1 Å². The van der Waals surface area contributed by atoms with Gasteiger partial charge in [-0.05, 0) is 66.2 Å². The molecule has 47 heavy (non-hydrogen) atoms. The number of hydrogen-bond donors (Lipinski definition) is 0. The first kappa shape index (κ1) is 33.8. The molecule has 244 valence electrons. The summed E-state index contributed by atoms with van der Waals surface area (Å²) in [5.41, 5.74) is 2.05. The van der Waals surface area contributed by atoms with Crippen LogP contribution in [0, 0.1) is 35.1 Å². The number of esters is 2. The second kappa shape index (κ2) is 12.7. The molecule has 0 N–H and O–H groups in total. The molecule has 0 amide bonds. The van der Waals surface area contributed by atoms with E-state index < -0.39 is 80.1 Å². The van der Waals surface area contributed by atoms with Gasteiger partial charge in [-0.2, -0.15) is 0 Å². The molecule has 0 radical (unpaired) electrons. The standard InChI is InChI=1S/C32H19Br3F4O7S/c33-13-9-20(34)24(21(35)10-13)31(40)45-11-18-19(23-16-7-3-1-5-14(16)22(18)15-6-2-4-8-17(15)23)12-46-32(41)25-26(36)28(38)30(47(42,43)44)29(39)27(25)37/h1-10,18-19,22-23H,11-12H2,(H,42,43,44)/p-1. The summed E-state index contributed by atoms with van der Waals surface area (Å²) < 4.78 is 105. The van der Waals surface area contributed by atoms with Gasteiger partial charge in [0.25, 0.3) is 0 Å². The number of carbonyl (C=O) groups excluding carboxylic acids is 2. The summed E-state index contributed by atoms with van der Waals surface area (Å²) in [5.74, 6) is -14.4. The van der Waals surface area contributed by atoms with Gasteiger partial charge in [-0.15, -0.1) is 0 Å². The third-order valence-electron chi connectivity index (χ3n) is 8.44. The van der Waals surface area contributed by atoms with Gasteiger partial charge in [0.05, 0.1) is 18.8 Å². The normalized spacial score (nSPS) is 19.6. The lowest BCUT2D eigenvalue weighted by atomic mass is 9.54. The molecule has 0 fully saturated rings. The molecule has 2 unspecified atom stereocenters. The maximum absolute atomic E-state index is 14.8. The van der Waals surface area contributed by atoms with Gasteiger partial charge in [-0.3, -0.25) is 0 Å². The van der Waals surface area contributed by atoms with Gasteiger partial charge in [-0.1, -0.05) is 64.5 Å². The van der Waals surface area contributed by atoms with Crippen LogP contribution in [0.4, 0.5) is 17.6 Å². The molecule has 0 saturated heterocycles. The topological polar surface area (TPSA) is 110 Å². The van der Waals surface area contributed by atoms with Crippen LogP contribution in [-0.4, -0.2) is 38.1 Å². The summed E-state index contributed by atoms with van der Waals surface area (Å²) in [5, 5.41) is 0. The average molecular weight is 862 g/mol. The molecule has 0 heterocycles. The zero-order chi connectivity index (χ0) is 33.9. The van der Waals surface area contributed by atoms with Crippen molar-refractivity contribution in [2.24, 2.45) is 11.8 Å². The summed E-state index contributed by atoms with van der Waals surface area (Å²) in [6.07, 6.45) is 0. The summed E-state index contributed by atoms with van der Waals surface area (Å²) in [6, 6.07) is 18.4. The first-order valence-corrected chi connectivity index (χ1v) is 17.5. The second-order valence-corrected chi connectivity index (χ2v) is 14.8. The Morgan fingerprint density at radius 2 is 1.02 bits per heavy atom. The van der Waals surface area contributed by atoms with E-state index >= 15 is 0 Å². The highest BCUT2D eigenvalue weighted by molar-refractivity contribution is 9.11. The van der Waals surface area contributed by atoms with Crippen LogP contribution in [0.15, 0.2) is 79.0 Å². The quantitative estimate of drug-likeness (QED) is 0.0803. The minimum absolute atomic E-state index is 0.179. The highest BCUT2D eigenvalue weighted by atomic mass is 79.9. The molecule has 0 spiro atoms. The SMILES string of the molecule is O=C(OCC1C2c3ccccc3C(c3ccccc32)C1COC(=O)c1c(F)c(F)c(S(=O)(=O)[O-])c(F)c1F)c1c(Br)cc(Br)cc1Br. The molecular formula is C32H18Br3F4O7S-. The lowest BCUT2D eigenvalue weighted by Crippen LogP contribution is -2.44. The number of fused-ring (bicyclic) bond motifs is 1. The predicted molar refractivity (Wildman–Crippen MR) is 168 cm³/mol. The molecule has 4 aromatic carbocycles. The highest BCUT2D eigenvalue weighted by Crippen LogP contribution is 2.58. The van der Waals surface area contributed by atoms with Crippen molar-refractivity contribution in [3.05, 3.63) is 131 Å². The molecule has 4 aromatic rings. The molecule has 7 rings (SSSR count). The van der Waals surface area contributed by atoms with Crippen molar-refractivity contribution in [3.63, 3.8) is 0 Å². The van der Waals surface area contributed by atoms with E-state index in [2.05, 4.69) is 47.8 Å². The first-order valence-electron chi connectivity index (χ1n) is 13.7. The number of halogens is 7. The monoisotopic (exact) mass is 859 g/mol. The second-order valence-electron chi connectivity index (χ2n) is 10.9. The zero-order valence-corrected chi connectivity index (χ0v) is 29.0. The Balaban J connectivity index is 1.37. The fourth-order valence-electron chi connectivity index (χ4n) is 6.58. The van der Waals surface area contributed by atoms with Crippen LogP contribution in [0.25, 0.3) is 0 Å². The zero-order valence-electron chi connectivity index (χ0n) is 23.4. The largest absolute Gasteiger partial charge is 0.744 e. The fourth-order valence-corrected chi connectivity index (χ4v) is 9.78. The van der Waals surface area contributed by atoms with Crippen molar-refractivity contribution >= 4 is 69.8 Å². The van der Waals surface area contributed by atoms with E-state index in [4.69, 9.17) is 9.47 Å². The van der Waals surface area contributed by atoms with Crippen molar-refractivity contribution in [3.8, 4) is 0 Å². The Bertz CT molecular complexity index is 1990. The Hall–Kier alpha value is -3.11. The molecular weight excluding hydrogens is 844 g/mol. The van der Waals surface area contributed by atoms with Crippen LogP contribution in [0.3, 0.4) is 0 Å². The van der Waals surface area contributed by atoms with Crippen LogP contribution in [0.1, 0.15) is 54.8 Å². The Morgan fingerprint density at radius 3 is 1.38 bits per heavy atom. The highest BCUT2D eigenvalue weighted by Gasteiger charge is 2.50. The first-order chi connectivity index (χ1) is 22.2. The van der Waals surface area contributed by atoms with E-state index in [1.807, 2.05) is 48.5 Å². The third kappa shape index (κ3) is 5.83. The van der Waals surface area contributed by atoms with Gasteiger partial charge in [0.1, 0.15) is 20.6 Å². The van der Waals surface area contributed by atoms with Gasteiger partial charge in [0.2, 0.25) is 0 Å². The maximum atomic E-state index is 14.8. The van der Waals surface area contributed by atoms with E-state index in [0.29, 0.717) is 13.4 Å². The lowest BCUT2D eigenvalue weighted by molar-refractivity contribution is 0.0110. The predicted octanol–water partition coefficient (Wildman–Crippen LogP) is 7.97.